The number of hydrogen-bond donors (Lipinski definition) is 2. The minimum atomic E-state index is 0.719. The van der Waals surface area contributed by atoms with Gasteiger partial charge in [-0.05, 0) is 44.5 Å². The van der Waals surface area contributed by atoms with Crippen LogP contribution in [0.25, 0.3) is 0 Å². The fourth-order valence-corrected chi connectivity index (χ4v) is 1.73. The molecule has 0 saturated heterocycles. The summed E-state index contributed by atoms with van der Waals surface area (Å²) in [6.45, 7) is 6.07. The van der Waals surface area contributed by atoms with Gasteiger partial charge < -0.3 is 11.1 Å². The van der Waals surface area contributed by atoms with Crippen LogP contribution in [0.5, 0.6) is 0 Å². The van der Waals surface area contributed by atoms with Crippen molar-refractivity contribution in [3.05, 3.63) is 47.2 Å². The number of nitrogen functional groups attached to an aromatic ring is 1. The van der Waals surface area contributed by atoms with Crippen LogP contribution in [0.15, 0.2) is 30.3 Å². The largest absolute Gasteiger partial charge is 0.397 e. The number of aromatic nitrogens is 1. The van der Waals surface area contributed by atoms with Gasteiger partial charge in [0.1, 0.15) is 5.82 Å². The summed E-state index contributed by atoms with van der Waals surface area (Å²) in [5, 5.41) is 3.30. The van der Waals surface area contributed by atoms with Crippen LogP contribution in [-0.4, -0.2) is 4.98 Å². The van der Waals surface area contributed by atoms with Gasteiger partial charge in [-0.25, -0.2) is 4.98 Å². The lowest BCUT2D eigenvalue weighted by atomic mass is 10.1. The summed E-state index contributed by atoms with van der Waals surface area (Å²) in [7, 11) is 0. The molecule has 1 aromatic carbocycles. The Balaban J connectivity index is 2.28. The average molecular weight is 227 g/mol. The Morgan fingerprint density at radius 3 is 2.47 bits per heavy atom. The second kappa shape index (κ2) is 4.45. The summed E-state index contributed by atoms with van der Waals surface area (Å²) in [5.41, 5.74) is 10.9. The lowest BCUT2D eigenvalue weighted by Gasteiger charge is -2.10. The van der Waals surface area contributed by atoms with Gasteiger partial charge in [-0.3, -0.25) is 0 Å². The quantitative estimate of drug-likeness (QED) is 0.827. The van der Waals surface area contributed by atoms with Crippen LogP contribution in [-0.2, 0) is 0 Å². The molecule has 0 aliphatic heterocycles. The van der Waals surface area contributed by atoms with E-state index in [0.29, 0.717) is 0 Å². The first-order valence-electron chi connectivity index (χ1n) is 5.63. The van der Waals surface area contributed by atoms with Crippen LogP contribution in [0.4, 0.5) is 17.2 Å². The average Bonchev–Trinajstić information content (AvgIpc) is 2.27. The highest BCUT2D eigenvalue weighted by molar-refractivity contribution is 5.62. The van der Waals surface area contributed by atoms with Gasteiger partial charge >= 0.3 is 0 Å². The third kappa shape index (κ3) is 2.56. The van der Waals surface area contributed by atoms with Gasteiger partial charge in [-0.15, -0.1) is 0 Å². The van der Waals surface area contributed by atoms with Gasteiger partial charge in [0.05, 0.1) is 11.4 Å². The van der Waals surface area contributed by atoms with Crippen molar-refractivity contribution in [3.63, 3.8) is 0 Å². The molecule has 17 heavy (non-hydrogen) atoms. The smallest absolute Gasteiger partial charge is 0.130 e. The van der Waals surface area contributed by atoms with Gasteiger partial charge in [0.15, 0.2) is 0 Å². The SMILES string of the molecule is Cc1ccc(Nc2ccc(N)c(C)n2)c(C)c1. The molecule has 3 N–H and O–H groups in total. The van der Waals surface area contributed by atoms with Crippen molar-refractivity contribution < 1.29 is 0 Å². The molecule has 1 heterocycles. The van der Waals surface area contributed by atoms with E-state index in [1.165, 1.54) is 11.1 Å². The monoisotopic (exact) mass is 227 g/mol. The molecule has 3 heteroatoms. The van der Waals surface area contributed by atoms with Gasteiger partial charge in [0.25, 0.3) is 0 Å². The van der Waals surface area contributed by atoms with E-state index in [9.17, 15) is 0 Å². The Labute approximate surface area is 102 Å². The van der Waals surface area contributed by atoms with Gasteiger partial charge in [-0.2, -0.15) is 0 Å². The van der Waals surface area contributed by atoms with Gasteiger partial charge in [0, 0.05) is 5.69 Å². The number of rotatable bonds is 2. The molecule has 0 fully saturated rings. The Kier molecular flexibility index (Phi) is 3.00. The van der Waals surface area contributed by atoms with E-state index < -0.39 is 0 Å². The molecule has 1 aromatic heterocycles. The lowest BCUT2D eigenvalue weighted by Crippen LogP contribution is -1.99. The van der Waals surface area contributed by atoms with Gasteiger partial charge in [-0.1, -0.05) is 17.7 Å². The molecule has 0 spiro atoms. The molecule has 88 valence electrons. The second-order valence-corrected chi connectivity index (χ2v) is 4.31. The summed E-state index contributed by atoms with van der Waals surface area (Å²) >= 11 is 0. The zero-order chi connectivity index (χ0) is 12.4. The van der Waals surface area contributed by atoms with E-state index >= 15 is 0 Å². The summed E-state index contributed by atoms with van der Waals surface area (Å²) in [6.07, 6.45) is 0. The Morgan fingerprint density at radius 1 is 1.06 bits per heavy atom. The Morgan fingerprint density at radius 2 is 1.82 bits per heavy atom. The minimum Gasteiger partial charge on any atom is -0.397 e. The molecule has 0 aliphatic rings. The molecule has 2 rings (SSSR count). The van der Waals surface area contributed by atoms with Crippen molar-refractivity contribution in [2.45, 2.75) is 20.8 Å². The minimum absolute atomic E-state index is 0.719. The van der Waals surface area contributed by atoms with Crippen molar-refractivity contribution in [2.75, 3.05) is 11.1 Å². The fraction of sp³-hybridized carbons (Fsp3) is 0.214. The first kappa shape index (κ1) is 11.5. The molecule has 0 unspecified atom stereocenters. The highest BCUT2D eigenvalue weighted by atomic mass is 15.0. The Hall–Kier alpha value is -2.03. The number of nitrogens with zero attached hydrogens (tertiary/aromatic N) is 1. The number of hydrogen-bond acceptors (Lipinski definition) is 3. The zero-order valence-electron chi connectivity index (χ0n) is 10.4. The van der Waals surface area contributed by atoms with E-state index in [4.69, 9.17) is 5.73 Å². The Bertz CT molecular complexity index is 547. The molecule has 0 radical (unpaired) electrons. The predicted molar refractivity (Wildman–Crippen MR) is 72.6 cm³/mol. The van der Waals surface area contributed by atoms with Crippen LogP contribution in [0.2, 0.25) is 0 Å². The van der Waals surface area contributed by atoms with Crippen molar-refractivity contribution in [3.8, 4) is 0 Å². The third-order valence-electron chi connectivity index (χ3n) is 2.77. The van der Waals surface area contributed by atoms with E-state index in [0.717, 1.165) is 22.9 Å². The summed E-state index contributed by atoms with van der Waals surface area (Å²) in [5.74, 6) is 0.823. The number of nitrogens with two attached hydrogens (primary N) is 1. The van der Waals surface area contributed by atoms with E-state index in [1.807, 2.05) is 19.1 Å². The van der Waals surface area contributed by atoms with Crippen LogP contribution >= 0.6 is 0 Å². The van der Waals surface area contributed by atoms with Gasteiger partial charge in [0.2, 0.25) is 0 Å². The summed E-state index contributed by atoms with van der Waals surface area (Å²) < 4.78 is 0. The van der Waals surface area contributed by atoms with Crippen LogP contribution < -0.4 is 11.1 Å². The first-order chi connectivity index (χ1) is 8.06. The van der Waals surface area contributed by atoms with E-state index in [2.05, 4.69) is 42.3 Å². The van der Waals surface area contributed by atoms with Crippen molar-refractivity contribution in [2.24, 2.45) is 0 Å². The summed E-state index contributed by atoms with van der Waals surface area (Å²) in [6, 6.07) is 10.1. The molecule has 0 amide bonds. The van der Waals surface area contributed by atoms with E-state index in [-0.39, 0.29) is 0 Å². The lowest BCUT2D eigenvalue weighted by molar-refractivity contribution is 1.20. The van der Waals surface area contributed by atoms with Crippen LogP contribution in [0.1, 0.15) is 16.8 Å². The van der Waals surface area contributed by atoms with Crippen LogP contribution in [0, 0.1) is 20.8 Å². The number of anilines is 3. The summed E-state index contributed by atoms with van der Waals surface area (Å²) in [4.78, 5) is 4.40. The molecular formula is C14H17N3. The molecule has 0 saturated carbocycles. The molecule has 0 aliphatic carbocycles. The number of benzene rings is 1. The number of pyridine rings is 1. The highest BCUT2D eigenvalue weighted by Crippen LogP contribution is 2.21. The van der Waals surface area contributed by atoms with Crippen molar-refractivity contribution >= 4 is 17.2 Å². The molecule has 3 nitrogen and oxygen atoms in total. The molecule has 2 aromatic rings. The van der Waals surface area contributed by atoms with E-state index in [1.54, 1.807) is 0 Å². The maximum Gasteiger partial charge on any atom is 0.130 e. The second-order valence-electron chi connectivity index (χ2n) is 4.31. The third-order valence-corrected chi connectivity index (χ3v) is 2.77. The predicted octanol–water partition coefficient (Wildman–Crippen LogP) is 3.33. The first-order valence-corrected chi connectivity index (χ1v) is 5.63. The molecule has 0 bridgehead atoms. The molecular weight excluding hydrogens is 210 g/mol. The maximum absolute atomic E-state index is 5.74. The maximum atomic E-state index is 5.74. The number of nitrogens with one attached hydrogen (secondary N) is 1. The zero-order valence-corrected chi connectivity index (χ0v) is 10.4. The van der Waals surface area contributed by atoms with Crippen molar-refractivity contribution in [1.82, 2.24) is 4.98 Å². The molecule has 0 atom stereocenters. The standard InChI is InChI=1S/C14H17N3/c1-9-4-6-13(10(2)8-9)17-14-7-5-12(15)11(3)16-14/h4-8H,15H2,1-3H3,(H,16,17). The normalized spacial score (nSPS) is 10.3. The fourth-order valence-electron chi connectivity index (χ4n) is 1.73. The van der Waals surface area contributed by atoms with Crippen LogP contribution in [0.3, 0.4) is 0 Å². The number of aryl methyl sites for hydroxylation is 3. The van der Waals surface area contributed by atoms with Crippen molar-refractivity contribution in [1.29, 1.82) is 0 Å². The topological polar surface area (TPSA) is 50.9 Å². The highest BCUT2D eigenvalue weighted by Gasteiger charge is 2.01.